The van der Waals surface area contributed by atoms with Crippen molar-refractivity contribution in [2.45, 2.75) is 6.42 Å². The zero-order valence-electron chi connectivity index (χ0n) is 13.2. The predicted molar refractivity (Wildman–Crippen MR) is 102 cm³/mol. The molecule has 1 heterocycles. The summed E-state index contributed by atoms with van der Waals surface area (Å²) in [6.45, 7) is 0.346. The molecule has 0 saturated carbocycles. The minimum atomic E-state index is -0.423. The topological polar surface area (TPSA) is 61.8 Å². The summed E-state index contributed by atoms with van der Waals surface area (Å²) < 4.78 is 0.938. The van der Waals surface area contributed by atoms with Gasteiger partial charge in [-0.05, 0) is 42.0 Å². The van der Waals surface area contributed by atoms with Crippen LogP contribution < -0.4 is 10.3 Å². The van der Waals surface area contributed by atoms with Gasteiger partial charge in [0.2, 0.25) is 11.8 Å². The number of hydrazone groups is 1. The monoisotopic (exact) mass is 419 g/mol. The lowest BCUT2D eigenvalue weighted by Crippen LogP contribution is -2.30. The molecule has 0 aromatic heterocycles. The van der Waals surface area contributed by atoms with Gasteiger partial charge in [-0.25, -0.2) is 5.43 Å². The van der Waals surface area contributed by atoms with Gasteiger partial charge >= 0.3 is 0 Å². The maximum absolute atomic E-state index is 12.2. The number of anilines is 1. The number of halogens is 2. The Morgan fingerprint density at radius 1 is 1.28 bits per heavy atom. The Labute approximate surface area is 158 Å². The number of nitrogens with one attached hydrogen (secondary N) is 1. The lowest BCUT2D eigenvalue weighted by Gasteiger charge is -2.16. The predicted octanol–water partition coefficient (Wildman–Crippen LogP) is 3.61. The van der Waals surface area contributed by atoms with Crippen LogP contribution in [0.4, 0.5) is 5.69 Å². The Kier molecular flexibility index (Phi) is 5.50. The highest BCUT2D eigenvalue weighted by molar-refractivity contribution is 9.10. The SMILES string of the molecule is O=C(N/N=C\c1cccc(Cl)c1)[C@H]1CC(=O)N(c2ccc(Br)cc2)C1. The van der Waals surface area contributed by atoms with E-state index < -0.39 is 5.92 Å². The Morgan fingerprint density at radius 3 is 2.76 bits per heavy atom. The van der Waals surface area contributed by atoms with Crippen LogP contribution in [0.2, 0.25) is 5.02 Å². The van der Waals surface area contributed by atoms with Crippen molar-refractivity contribution in [2.24, 2.45) is 11.0 Å². The number of carbonyl (C=O) groups is 2. The third-order valence-electron chi connectivity index (χ3n) is 3.87. The van der Waals surface area contributed by atoms with Gasteiger partial charge in [0, 0.05) is 28.1 Å². The summed E-state index contributed by atoms with van der Waals surface area (Å²) in [6.07, 6.45) is 1.70. The van der Waals surface area contributed by atoms with E-state index in [9.17, 15) is 9.59 Å². The molecule has 1 aliphatic heterocycles. The van der Waals surface area contributed by atoms with Crippen molar-refractivity contribution < 1.29 is 9.59 Å². The largest absolute Gasteiger partial charge is 0.312 e. The summed E-state index contributed by atoms with van der Waals surface area (Å²) in [5, 5.41) is 4.54. The van der Waals surface area contributed by atoms with E-state index in [1.165, 1.54) is 6.21 Å². The number of rotatable bonds is 4. The molecule has 0 spiro atoms. The van der Waals surface area contributed by atoms with E-state index in [1.807, 2.05) is 30.3 Å². The molecule has 0 bridgehead atoms. The molecule has 1 saturated heterocycles. The van der Waals surface area contributed by atoms with E-state index in [0.717, 1.165) is 15.7 Å². The number of hydrogen-bond donors (Lipinski definition) is 1. The lowest BCUT2D eigenvalue weighted by molar-refractivity contribution is -0.126. The molecule has 0 radical (unpaired) electrons. The molecule has 1 aliphatic rings. The molecule has 3 rings (SSSR count). The quantitative estimate of drug-likeness (QED) is 0.607. The van der Waals surface area contributed by atoms with E-state index in [1.54, 1.807) is 23.1 Å². The van der Waals surface area contributed by atoms with Crippen LogP contribution in [-0.2, 0) is 9.59 Å². The van der Waals surface area contributed by atoms with Crippen LogP contribution in [-0.4, -0.2) is 24.6 Å². The van der Waals surface area contributed by atoms with Crippen LogP contribution >= 0.6 is 27.5 Å². The Hall–Kier alpha value is -2.18. The van der Waals surface area contributed by atoms with Crippen molar-refractivity contribution in [3.63, 3.8) is 0 Å². The van der Waals surface area contributed by atoms with Crippen LogP contribution in [0.5, 0.6) is 0 Å². The second-order valence-electron chi connectivity index (χ2n) is 5.67. The molecular weight excluding hydrogens is 406 g/mol. The van der Waals surface area contributed by atoms with Crippen molar-refractivity contribution in [3.05, 3.63) is 63.6 Å². The molecule has 2 amide bonds. The van der Waals surface area contributed by atoms with Crippen molar-refractivity contribution in [1.29, 1.82) is 0 Å². The number of nitrogens with zero attached hydrogens (tertiary/aromatic N) is 2. The van der Waals surface area contributed by atoms with Crippen LogP contribution in [0.25, 0.3) is 0 Å². The lowest BCUT2D eigenvalue weighted by atomic mass is 10.1. The molecule has 5 nitrogen and oxygen atoms in total. The summed E-state index contributed by atoms with van der Waals surface area (Å²) >= 11 is 9.26. The van der Waals surface area contributed by atoms with Crippen molar-refractivity contribution in [1.82, 2.24) is 5.43 Å². The minimum absolute atomic E-state index is 0.0682. The number of benzene rings is 2. The van der Waals surface area contributed by atoms with Gasteiger partial charge in [-0.3, -0.25) is 9.59 Å². The number of carbonyl (C=O) groups excluding carboxylic acids is 2. The van der Waals surface area contributed by atoms with Crippen LogP contribution in [0, 0.1) is 5.92 Å². The Bertz CT molecular complexity index is 823. The number of amides is 2. The smallest absolute Gasteiger partial charge is 0.245 e. The maximum atomic E-state index is 12.2. The van der Waals surface area contributed by atoms with Crippen LogP contribution in [0.1, 0.15) is 12.0 Å². The molecule has 1 fully saturated rings. The van der Waals surface area contributed by atoms with Gasteiger partial charge in [0.25, 0.3) is 0 Å². The molecular formula is C18H15BrClN3O2. The first-order valence-electron chi connectivity index (χ1n) is 7.67. The average molecular weight is 421 g/mol. The second kappa shape index (κ2) is 7.80. The van der Waals surface area contributed by atoms with Crippen molar-refractivity contribution in [2.75, 3.05) is 11.4 Å². The van der Waals surface area contributed by atoms with Gasteiger partial charge in [-0.1, -0.05) is 39.7 Å². The Balaban J connectivity index is 1.60. The molecule has 7 heteroatoms. The molecule has 0 aliphatic carbocycles. The normalized spacial score (nSPS) is 17.3. The summed E-state index contributed by atoms with van der Waals surface area (Å²) in [7, 11) is 0. The molecule has 25 heavy (non-hydrogen) atoms. The minimum Gasteiger partial charge on any atom is -0.312 e. The fourth-order valence-electron chi connectivity index (χ4n) is 2.60. The Morgan fingerprint density at radius 2 is 2.04 bits per heavy atom. The van der Waals surface area contributed by atoms with Crippen LogP contribution in [0.15, 0.2) is 58.1 Å². The fraction of sp³-hybridized carbons (Fsp3) is 0.167. The summed E-state index contributed by atoms with van der Waals surface area (Å²) in [5.41, 5.74) is 4.06. The van der Waals surface area contributed by atoms with E-state index in [-0.39, 0.29) is 18.2 Å². The third kappa shape index (κ3) is 4.46. The standard InChI is InChI=1S/C18H15BrClN3O2/c19-14-4-6-16(7-5-14)23-11-13(9-17(23)24)18(25)22-21-10-12-2-1-3-15(20)8-12/h1-8,10,13H,9,11H2,(H,22,25)/b21-10-/t13-/m0/s1. The van der Waals surface area contributed by atoms with Gasteiger partial charge in [-0.2, -0.15) is 5.10 Å². The second-order valence-corrected chi connectivity index (χ2v) is 7.02. The van der Waals surface area contributed by atoms with Gasteiger partial charge in [0.1, 0.15) is 0 Å². The highest BCUT2D eigenvalue weighted by atomic mass is 79.9. The highest BCUT2D eigenvalue weighted by Gasteiger charge is 2.35. The van der Waals surface area contributed by atoms with Gasteiger partial charge in [0.05, 0.1) is 12.1 Å². The zero-order chi connectivity index (χ0) is 17.8. The summed E-state index contributed by atoms with van der Waals surface area (Å²) in [5.74, 6) is -0.764. The van der Waals surface area contributed by atoms with E-state index in [4.69, 9.17) is 11.6 Å². The molecule has 0 unspecified atom stereocenters. The zero-order valence-corrected chi connectivity index (χ0v) is 15.5. The fourth-order valence-corrected chi connectivity index (χ4v) is 3.07. The van der Waals surface area contributed by atoms with E-state index in [2.05, 4.69) is 26.5 Å². The molecule has 1 N–H and O–H groups in total. The maximum Gasteiger partial charge on any atom is 0.245 e. The van der Waals surface area contributed by atoms with Crippen LogP contribution in [0.3, 0.4) is 0 Å². The van der Waals surface area contributed by atoms with Gasteiger partial charge in [-0.15, -0.1) is 0 Å². The third-order valence-corrected chi connectivity index (χ3v) is 4.63. The summed E-state index contributed by atoms with van der Waals surface area (Å²) in [4.78, 5) is 26.1. The van der Waals surface area contributed by atoms with Gasteiger partial charge in [0.15, 0.2) is 0 Å². The van der Waals surface area contributed by atoms with E-state index >= 15 is 0 Å². The highest BCUT2D eigenvalue weighted by Crippen LogP contribution is 2.26. The molecule has 2 aromatic carbocycles. The average Bonchev–Trinajstić information content (AvgIpc) is 2.97. The first kappa shape index (κ1) is 17.6. The van der Waals surface area contributed by atoms with E-state index in [0.29, 0.717) is 11.6 Å². The van der Waals surface area contributed by atoms with Gasteiger partial charge < -0.3 is 4.90 Å². The molecule has 1 atom stereocenters. The van der Waals surface area contributed by atoms with Crippen molar-refractivity contribution in [3.8, 4) is 0 Å². The first-order chi connectivity index (χ1) is 12.0. The first-order valence-corrected chi connectivity index (χ1v) is 8.84. The molecule has 128 valence electrons. The molecule has 2 aromatic rings. The number of hydrogen-bond acceptors (Lipinski definition) is 3. The van der Waals surface area contributed by atoms with Crippen molar-refractivity contribution >= 4 is 51.2 Å². The summed E-state index contributed by atoms with van der Waals surface area (Å²) in [6, 6.07) is 14.6.